The van der Waals surface area contributed by atoms with Crippen molar-refractivity contribution in [3.05, 3.63) is 35.4 Å². The van der Waals surface area contributed by atoms with Gasteiger partial charge in [-0.3, -0.25) is 4.79 Å². The molecule has 3 nitrogen and oxygen atoms in total. The van der Waals surface area contributed by atoms with Crippen LogP contribution in [-0.4, -0.2) is 12.0 Å². The molecule has 0 spiro atoms. The monoisotopic (exact) mass is 247 g/mol. The number of hydrogen-bond acceptors (Lipinski definition) is 3. The second kappa shape index (κ2) is 5.18. The lowest BCUT2D eigenvalue weighted by Crippen LogP contribution is -2.28. The Balaban J connectivity index is 2.70. The number of nitrogens with two attached hydrogens (primary N) is 1. The van der Waals surface area contributed by atoms with Crippen LogP contribution < -0.4 is 5.73 Å². The van der Waals surface area contributed by atoms with Gasteiger partial charge in [0.2, 0.25) is 0 Å². The van der Waals surface area contributed by atoms with E-state index in [9.17, 15) is 18.0 Å². The maximum absolute atomic E-state index is 12.4. The first kappa shape index (κ1) is 13.5. The third-order valence-corrected chi connectivity index (χ3v) is 2.01. The van der Waals surface area contributed by atoms with Crippen LogP contribution in [0.25, 0.3) is 0 Å². The Bertz CT molecular complexity index is 402. The van der Waals surface area contributed by atoms with Crippen LogP contribution in [0.3, 0.4) is 0 Å². The van der Waals surface area contributed by atoms with Gasteiger partial charge in [-0.05, 0) is 24.6 Å². The summed E-state index contributed by atoms with van der Waals surface area (Å²) in [5.74, 6) is -0.651. The predicted octanol–water partition coefficient (Wildman–Crippen LogP) is 2.10. The quantitative estimate of drug-likeness (QED) is 0.832. The average Bonchev–Trinajstić information content (AvgIpc) is 2.25. The first-order chi connectivity index (χ1) is 7.80. The van der Waals surface area contributed by atoms with Gasteiger partial charge in [-0.15, -0.1) is 0 Å². The molecule has 1 unspecified atom stereocenters. The van der Waals surface area contributed by atoms with Crippen molar-refractivity contribution in [3.63, 3.8) is 0 Å². The predicted molar refractivity (Wildman–Crippen MR) is 54.9 cm³/mol. The van der Waals surface area contributed by atoms with E-state index in [2.05, 4.69) is 0 Å². The molecule has 2 N–H and O–H groups in total. The molecule has 0 saturated heterocycles. The molecule has 0 aromatic heterocycles. The van der Waals surface area contributed by atoms with Crippen LogP contribution in [0.2, 0.25) is 0 Å². The fraction of sp³-hybridized carbons (Fsp3) is 0.364. The zero-order valence-corrected chi connectivity index (χ0v) is 9.12. The first-order valence-corrected chi connectivity index (χ1v) is 4.89. The summed E-state index contributed by atoms with van der Waals surface area (Å²) in [6.45, 7) is 1.22. The van der Waals surface area contributed by atoms with Crippen molar-refractivity contribution in [1.82, 2.24) is 0 Å². The number of benzene rings is 1. The van der Waals surface area contributed by atoms with E-state index in [1.54, 1.807) is 0 Å². The molecule has 1 rings (SSSR count). The van der Waals surface area contributed by atoms with Gasteiger partial charge in [0.15, 0.2) is 0 Å². The van der Waals surface area contributed by atoms with Crippen LogP contribution in [0.1, 0.15) is 18.1 Å². The Morgan fingerprint density at radius 1 is 1.47 bits per heavy atom. The van der Waals surface area contributed by atoms with Gasteiger partial charge in [0.1, 0.15) is 12.6 Å². The first-order valence-electron chi connectivity index (χ1n) is 4.89. The Labute approximate surface area is 96.4 Å². The molecule has 0 aliphatic rings. The molecule has 0 heterocycles. The van der Waals surface area contributed by atoms with Crippen molar-refractivity contribution in [1.29, 1.82) is 0 Å². The van der Waals surface area contributed by atoms with Gasteiger partial charge in [0, 0.05) is 0 Å². The van der Waals surface area contributed by atoms with Crippen molar-refractivity contribution >= 4 is 5.97 Å². The van der Waals surface area contributed by atoms with Crippen LogP contribution >= 0.6 is 0 Å². The molecule has 0 bridgehead atoms. The summed E-state index contributed by atoms with van der Waals surface area (Å²) in [5.41, 5.74) is 4.75. The Morgan fingerprint density at radius 2 is 2.12 bits per heavy atom. The van der Waals surface area contributed by atoms with Gasteiger partial charge >= 0.3 is 12.1 Å². The molecule has 17 heavy (non-hydrogen) atoms. The number of hydrogen-bond donors (Lipinski definition) is 1. The largest absolute Gasteiger partial charge is 0.460 e. The van der Waals surface area contributed by atoms with E-state index < -0.39 is 23.8 Å². The van der Waals surface area contributed by atoms with Crippen LogP contribution in [0.15, 0.2) is 24.3 Å². The molecule has 0 amide bonds. The number of halogens is 3. The van der Waals surface area contributed by atoms with Crippen molar-refractivity contribution < 1.29 is 22.7 Å². The second-order valence-corrected chi connectivity index (χ2v) is 3.59. The van der Waals surface area contributed by atoms with Gasteiger partial charge in [-0.25, -0.2) is 0 Å². The molecule has 0 radical (unpaired) electrons. The summed E-state index contributed by atoms with van der Waals surface area (Å²) in [4.78, 5) is 11.0. The third-order valence-electron chi connectivity index (χ3n) is 2.01. The molecule has 1 aromatic rings. The summed E-state index contributed by atoms with van der Waals surface area (Å²) >= 11 is 0. The van der Waals surface area contributed by atoms with E-state index >= 15 is 0 Å². The van der Waals surface area contributed by atoms with Crippen molar-refractivity contribution in [2.24, 2.45) is 5.73 Å². The smallest absolute Gasteiger partial charge is 0.416 e. The number of ether oxygens (including phenoxy) is 1. The molecular formula is C11H12F3NO2. The molecule has 0 aliphatic heterocycles. The summed E-state index contributed by atoms with van der Waals surface area (Å²) in [6.07, 6.45) is -4.40. The molecule has 0 aliphatic carbocycles. The maximum Gasteiger partial charge on any atom is 0.416 e. The maximum atomic E-state index is 12.4. The summed E-state index contributed by atoms with van der Waals surface area (Å²) in [5, 5.41) is 0. The van der Waals surface area contributed by atoms with Crippen molar-refractivity contribution in [2.75, 3.05) is 0 Å². The van der Waals surface area contributed by atoms with E-state index in [1.807, 2.05) is 0 Å². The lowest BCUT2D eigenvalue weighted by atomic mass is 10.1. The van der Waals surface area contributed by atoms with Crippen LogP contribution in [-0.2, 0) is 22.3 Å². The average molecular weight is 247 g/mol. The zero-order chi connectivity index (χ0) is 13.1. The molecule has 1 aromatic carbocycles. The van der Waals surface area contributed by atoms with Crippen LogP contribution in [0.4, 0.5) is 13.2 Å². The number of esters is 1. The minimum atomic E-state index is -4.40. The molecular weight excluding hydrogens is 235 g/mol. The molecule has 0 fully saturated rings. The van der Waals surface area contributed by atoms with Gasteiger partial charge < -0.3 is 10.5 Å². The van der Waals surface area contributed by atoms with Gasteiger partial charge in [0.05, 0.1) is 5.56 Å². The Kier molecular flexibility index (Phi) is 4.11. The molecule has 6 heteroatoms. The molecule has 94 valence electrons. The fourth-order valence-electron chi connectivity index (χ4n) is 1.12. The zero-order valence-electron chi connectivity index (χ0n) is 9.12. The Morgan fingerprint density at radius 3 is 2.65 bits per heavy atom. The standard InChI is InChI=1S/C11H12F3NO2/c1-7(15)10(16)17-6-8-3-2-4-9(5-8)11(12,13)14/h2-5,7H,6,15H2,1H3. The highest BCUT2D eigenvalue weighted by Gasteiger charge is 2.30. The number of alkyl halides is 3. The summed E-state index contributed by atoms with van der Waals surface area (Å²) < 4.78 is 41.8. The highest BCUT2D eigenvalue weighted by atomic mass is 19.4. The lowest BCUT2D eigenvalue weighted by molar-refractivity contribution is -0.146. The van der Waals surface area contributed by atoms with Gasteiger partial charge in [-0.1, -0.05) is 12.1 Å². The van der Waals surface area contributed by atoms with E-state index in [-0.39, 0.29) is 12.2 Å². The fourth-order valence-corrected chi connectivity index (χ4v) is 1.12. The van der Waals surface area contributed by atoms with Crippen molar-refractivity contribution in [2.45, 2.75) is 25.7 Å². The number of carbonyl (C=O) groups excluding carboxylic acids is 1. The van der Waals surface area contributed by atoms with E-state index in [1.165, 1.54) is 19.1 Å². The molecule has 0 saturated carbocycles. The van der Waals surface area contributed by atoms with Gasteiger partial charge in [0.25, 0.3) is 0 Å². The third kappa shape index (κ3) is 4.07. The molecule has 1 atom stereocenters. The summed E-state index contributed by atoms with van der Waals surface area (Å²) in [7, 11) is 0. The normalized spacial score (nSPS) is 13.2. The van der Waals surface area contributed by atoms with Crippen LogP contribution in [0.5, 0.6) is 0 Å². The number of rotatable bonds is 3. The number of carbonyl (C=O) groups is 1. The lowest BCUT2D eigenvalue weighted by Gasteiger charge is -2.10. The highest BCUT2D eigenvalue weighted by Crippen LogP contribution is 2.29. The second-order valence-electron chi connectivity index (χ2n) is 3.59. The van der Waals surface area contributed by atoms with Gasteiger partial charge in [-0.2, -0.15) is 13.2 Å². The highest BCUT2D eigenvalue weighted by molar-refractivity contribution is 5.74. The SMILES string of the molecule is CC(N)C(=O)OCc1cccc(C(F)(F)F)c1. The van der Waals surface area contributed by atoms with Crippen LogP contribution in [0, 0.1) is 0 Å². The van der Waals surface area contributed by atoms with E-state index in [0.717, 1.165) is 12.1 Å². The Hall–Kier alpha value is -1.56. The summed E-state index contributed by atoms with van der Waals surface area (Å²) in [6, 6.07) is 3.81. The minimum absolute atomic E-state index is 0.218. The van der Waals surface area contributed by atoms with E-state index in [0.29, 0.717) is 0 Å². The van der Waals surface area contributed by atoms with Crippen molar-refractivity contribution in [3.8, 4) is 0 Å². The van der Waals surface area contributed by atoms with E-state index in [4.69, 9.17) is 10.5 Å². The minimum Gasteiger partial charge on any atom is -0.460 e. The topological polar surface area (TPSA) is 52.3 Å².